The minimum atomic E-state index is -3.64. The number of hydrogen-bond donors (Lipinski definition) is 1. The molecule has 2 aromatic carbocycles. The molecule has 40 heavy (non-hydrogen) atoms. The van der Waals surface area contributed by atoms with Crippen molar-refractivity contribution < 1.29 is 27.5 Å². The second kappa shape index (κ2) is 13.7. The predicted octanol–water partition coefficient (Wildman–Crippen LogP) is 2.87. The Balaban J connectivity index is 1.41. The molecule has 1 aliphatic rings. The van der Waals surface area contributed by atoms with Crippen molar-refractivity contribution in [2.45, 2.75) is 31.0 Å². The van der Waals surface area contributed by atoms with Crippen molar-refractivity contribution in [2.24, 2.45) is 0 Å². The molecule has 1 aliphatic heterocycles. The van der Waals surface area contributed by atoms with Crippen LogP contribution in [0.3, 0.4) is 0 Å². The molecule has 10 nitrogen and oxygen atoms in total. The highest BCUT2D eigenvalue weighted by atomic mass is 35.5. The summed E-state index contributed by atoms with van der Waals surface area (Å²) in [6.45, 7) is 3.05. The highest BCUT2D eigenvalue weighted by Crippen LogP contribution is 2.21. The van der Waals surface area contributed by atoms with Crippen molar-refractivity contribution in [3.05, 3.63) is 89.2 Å². The van der Waals surface area contributed by atoms with E-state index in [2.05, 4.69) is 10.3 Å². The summed E-state index contributed by atoms with van der Waals surface area (Å²) in [4.78, 5) is 31.9. The Bertz CT molecular complexity index is 1380. The average Bonchev–Trinajstić information content (AvgIpc) is 2.99. The van der Waals surface area contributed by atoms with E-state index in [-0.39, 0.29) is 30.5 Å². The van der Waals surface area contributed by atoms with Crippen molar-refractivity contribution in [2.75, 3.05) is 32.9 Å². The van der Waals surface area contributed by atoms with E-state index < -0.39 is 22.0 Å². The minimum absolute atomic E-state index is 0.136. The molecule has 0 radical (unpaired) electrons. The molecule has 1 fully saturated rings. The Labute approximate surface area is 238 Å². The van der Waals surface area contributed by atoms with Gasteiger partial charge in [0.1, 0.15) is 11.8 Å². The van der Waals surface area contributed by atoms with Gasteiger partial charge in [0.15, 0.2) is 6.61 Å². The largest absolute Gasteiger partial charge is 0.484 e. The molecule has 0 aliphatic carbocycles. The van der Waals surface area contributed by atoms with Crippen LogP contribution >= 0.6 is 11.6 Å². The van der Waals surface area contributed by atoms with E-state index in [1.165, 1.54) is 33.5 Å². The first-order valence-electron chi connectivity index (χ1n) is 12.8. The maximum absolute atomic E-state index is 13.3. The number of morpholine rings is 1. The van der Waals surface area contributed by atoms with Crippen LogP contribution in [0.15, 0.2) is 78.0 Å². The summed E-state index contributed by atoms with van der Waals surface area (Å²) >= 11 is 6.01. The number of sulfonamides is 1. The molecule has 212 valence electrons. The number of carbonyl (C=O) groups excluding carboxylic acids is 2. The molecule has 4 rings (SSSR count). The molecular weight excluding hydrogens is 556 g/mol. The van der Waals surface area contributed by atoms with Gasteiger partial charge in [0.25, 0.3) is 5.91 Å². The Morgan fingerprint density at radius 2 is 1.77 bits per heavy atom. The molecule has 1 N–H and O–H groups in total. The zero-order valence-corrected chi connectivity index (χ0v) is 23.6. The number of hydrogen-bond acceptors (Lipinski definition) is 7. The summed E-state index contributed by atoms with van der Waals surface area (Å²) < 4.78 is 38.0. The van der Waals surface area contributed by atoms with Gasteiger partial charge in [-0.1, -0.05) is 29.8 Å². The number of halogens is 1. The molecule has 2 heterocycles. The maximum atomic E-state index is 13.3. The Hall–Kier alpha value is -3.51. The van der Waals surface area contributed by atoms with Gasteiger partial charge in [-0.2, -0.15) is 4.31 Å². The number of aromatic nitrogens is 1. The first kappa shape index (κ1) is 29.5. The van der Waals surface area contributed by atoms with Gasteiger partial charge in [0, 0.05) is 43.6 Å². The van der Waals surface area contributed by atoms with Gasteiger partial charge in [0.2, 0.25) is 15.9 Å². The molecule has 0 bridgehead atoms. The van der Waals surface area contributed by atoms with Crippen molar-refractivity contribution in [1.82, 2.24) is 19.5 Å². The monoisotopic (exact) mass is 586 g/mol. The quantitative estimate of drug-likeness (QED) is 0.367. The van der Waals surface area contributed by atoms with Crippen molar-refractivity contribution in [3.63, 3.8) is 0 Å². The van der Waals surface area contributed by atoms with Gasteiger partial charge in [-0.05, 0) is 60.5 Å². The van der Waals surface area contributed by atoms with Crippen LogP contribution in [-0.2, 0) is 37.4 Å². The lowest BCUT2D eigenvalue weighted by atomic mass is 10.1. The molecular formula is C28H31ClN4O6S. The number of ether oxygens (including phenoxy) is 2. The van der Waals surface area contributed by atoms with Crippen LogP contribution in [-0.4, -0.2) is 73.4 Å². The predicted molar refractivity (Wildman–Crippen MR) is 149 cm³/mol. The number of nitrogens with zero attached hydrogens (tertiary/aromatic N) is 3. The summed E-state index contributed by atoms with van der Waals surface area (Å²) in [7, 11) is -3.64. The fourth-order valence-corrected chi connectivity index (χ4v) is 5.61. The lowest BCUT2D eigenvalue weighted by molar-refractivity contribution is -0.142. The van der Waals surface area contributed by atoms with E-state index in [4.69, 9.17) is 21.1 Å². The summed E-state index contributed by atoms with van der Waals surface area (Å²) in [6.07, 6.45) is 3.31. The van der Waals surface area contributed by atoms with Gasteiger partial charge in [-0.25, -0.2) is 8.42 Å². The van der Waals surface area contributed by atoms with Crippen molar-refractivity contribution >= 4 is 33.4 Å². The summed E-state index contributed by atoms with van der Waals surface area (Å²) in [5, 5.41) is 3.41. The van der Waals surface area contributed by atoms with Crippen LogP contribution in [0.5, 0.6) is 5.75 Å². The number of amides is 2. The molecule has 0 spiro atoms. The van der Waals surface area contributed by atoms with Gasteiger partial charge >= 0.3 is 0 Å². The molecule has 0 unspecified atom stereocenters. The van der Waals surface area contributed by atoms with Gasteiger partial charge < -0.3 is 19.7 Å². The second-order valence-corrected chi connectivity index (χ2v) is 11.6. The minimum Gasteiger partial charge on any atom is -0.484 e. The van der Waals surface area contributed by atoms with Crippen LogP contribution in [0.2, 0.25) is 5.02 Å². The lowest BCUT2D eigenvalue weighted by Gasteiger charge is -2.29. The highest BCUT2D eigenvalue weighted by molar-refractivity contribution is 7.89. The van der Waals surface area contributed by atoms with Gasteiger partial charge in [-0.3, -0.25) is 14.6 Å². The topological polar surface area (TPSA) is 118 Å². The summed E-state index contributed by atoms with van der Waals surface area (Å²) in [5.41, 5.74) is 1.63. The van der Waals surface area contributed by atoms with Crippen LogP contribution in [0.4, 0.5) is 0 Å². The van der Waals surface area contributed by atoms with E-state index in [9.17, 15) is 18.0 Å². The third-order valence-corrected chi connectivity index (χ3v) is 8.58. The SMILES string of the molecule is C[C@H](C(=O)NCc1cccnc1)N(Cc1ccc(Cl)cc1)C(=O)COc1ccc(S(=O)(=O)N2CCOCC2)cc1. The van der Waals surface area contributed by atoms with E-state index in [1.807, 2.05) is 6.07 Å². The molecule has 1 aromatic heterocycles. The molecule has 2 amide bonds. The maximum Gasteiger partial charge on any atom is 0.261 e. The van der Waals surface area contributed by atoms with Crippen molar-refractivity contribution in [3.8, 4) is 5.75 Å². The van der Waals surface area contributed by atoms with E-state index in [0.29, 0.717) is 37.1 Å². The normalized spacial score (nSPS) is 14.8. The van der Waals surface area contributed by atoms with Crippen LogP contribution in [0.1, 0.15) is 18.1 Å². The number of benzene rings is 2. The van der Waals surface area contributed by atoms with Crippen LogP contribution < -0.4 is 10.1 Å². The Morgan fingerprint density at radius 3 is 2.42 bits per heavy atom. The average molecular weight is 587 g/mol. The molecule has 1 atom stereocenters. The fraction of sp³-hybridized carbons (Fsp3) is 0.321. The summed E-state index contributed by atoms with van der Waals surface area (Å²) in [5.74, 6) is -0.415. The number of carbonyl (C=O) groups is 2. The molecule has 0 saturated carbocycles. The van der Waals surface area contributed by atoms with Gasteiger partial charge in [-0.15, -0.1) is 0 Å². The van der Waals surface area contributed by atoms with Crippen molar-refractivity contribution in [1.29, 1.82) is 0 Å². The molecule has 12 heteroatoms. The first-order valence-corrected chi connectivity index (χ1v) is 14.6. The standard InChI is InChI=1S/C28H31ClN4O6S/c1-21(28(35)31-18-23-3-2-12-30-17-23)33(19-22-4-6-24(29)7-5-22)27(34)20-39-25-8-10-26(11-9-25)40(36,37)32-13-15-38-16-14-32/h2-12,17,21H,13-16,18-20H2,1H3,(H,31,35)/t21-/m1/s1. The lowest BCUT2D eigenvalue weighted by Crippen LogP contribution is -2.48. The van der Waals surface area contributed by atoms with E-state index >= 15 is 0 Å². The van der Waals surface area contributed by atoms with Crippen LogP contribution in [0.25, 0.3) is 0 Å². The van der Waals surface area contributed by atoms with E-state index in [0.717, 1.165) is 11.1 Å². The van der Waals surface area contributed by atoms with Crippen LogP contribution in [0, 0.1) is 0 Å². The summed E-state index contributed by atoms with van der Waals surface area (Å²) in [6, 6.07) is 15.8. The number of nitrogens with one attached hydrogen (secondary N) is 1. The Morgan fingerprint density at radius 1 is 1.07 bits per heavy atom. The smallest absolute Gasteiger partial charge is 0.261 e. The number of rotatable bonds is 11. The molecule has 3 aromatic rings. The third-order valence-electron chi connectivity index (χ3n) is 6.42. The Kier molecular flexibility index (Phi) is 10.1. The second-order valence-electron chi connectivity index (χ2n) is 9.18. The van der Waals surface area contributed by atoms with E-state index in [1.54, 1.807) is 49.6 Å². The fourth-order valence-electron chi connectivity index (χ4n) is 4.08. The third kappa shape index (κ3) is 7.79. The number of pyridine rings is 1. The molecule has 1 saturated heterocycles. The first-order chi connectivity index (χ1) is 19.2. The zero-order valence-electron chi connectivity index (χ0n) is 22.0. The zero-order chi connectivity index (χ0) is 28.5. The highest BCUT2D eigenvalue weighted by Gasteiger charge is 2.28. The van der Waals surface area contributed by atoms with Gasteiger partial charge in [0.05, 0.1) is 18.1 Å².